The van der Waals surface area contributed by atoms with Gasteiger partial charge in [0.05, 0.1) is 24.8 Å². The van der Waals surface area contributed by atoms with Crippen molar-refractivity contribution in [2.45, 2.75) is 6.04 Å². The number of ether oxygens (including phenoxy) is 1. The zero-order valence-corrected chi connectivity index (χ0v) is 10.8. The van der Waals surface area contributed by atoms with Crippen molar-refractivity contribution < 1.29 is 14.3 Å². The summed E-state index contributed by atoms with van der Waals surface area (Å²) in [6.07, 6.45) is 0. The van der Waals surface area contributed by atoms with Gasteiger partial charge in [0, 0.05) is 5.70 Å². The Morgan fingerprint density at radius 1 is 1.40 bits per heavy atom. The summed E-state index contributed by atoms with van der Waals surface area (Å²) in [6.45, 7) is 3.70. The lowest BCUT2D eigenvalue weighted by atomic mass is 9.89. The van der Waals surface area contributed by atoms with Crippen molar-refractivity contribution in [1.82, 2.24) is 10.6 Å². The van der Waals surface area contributed by atoms with Crippen molar-refractivity contribution in [2.24, 2.45) is 5.92 Å². The average Bonchev–Trinajstić information content (AvgIpc) is 2.46. The van der Waals surface area contributed by atoms with Gasteiger partial charge in [-0.2, -0.15) is 5.26 Å². The fourth-order valence-corrected chi connectivity index (χ4v) is 2.13. The van der Waals surface area contributed by atoms with Crippen molar-refractivity contribution in [1.29, 1.82) is 5.26 Å². The maximum Gasteiger partial charge on any atom is 0.319 e. The van der Waals surface area contributed by atoms with E-state index in [0.717, 1.165) is 0 Å². The number of rotatable bonds is 2. The summed E-state index contributed by atoms with van der Waals surface area (Å²) in [5.41, 5.74) is 1.49. The highest BCUT2D eigenvalue weighted by Crippen LogP contribution is 2.30. The van der Waals surface area contributed by atoms with Crippen molar-refractivity contribution >= 4 is 12.0 Å². The molecular formula is C14H13N3O3. The minimum absolute atomic E-state index is 0.287. The van der Waals surface area contributed by atoms with E-state index in [4.69, 9.17) is 10.00 Å². The summed E-state index contributed by atoms with van der Waals surface area (Å²) in [4.78, 5) is 23.4. The molecule has 2 atom stereocenters. The van der Waals surface area contributed by atoms with E-state index in [1.165, 1.54) is 7.11 Å². The number of nitrogens with one attached hydrogen (secondary N) is 2. The summed E-state index contributed by atoms with van der Waals surface area (Å²) in [7, 11) is 1.28. The summed E-state index contributed by atoms with van der Waals surface area (Å²) in [5.74, 6) is -1.21. The second-order valence-electron chi connectivity index (χ2n) is 4.34. The van der Waals surface area contributed by atoms with E-state index >= 15 is 0 Å². The maximum atomic E-state index is 11.9. The van der Waals surface area contributed by atoms with E-state index < -0.39 is 24.0 Å². The second kappa shape index (κ2) is 5.45. The van der Waals surface area contributed by atoms with Crippen LogP contribution in [0.2, 0.25) is 0 Å². The van der Waals surface area contributed by atoms with Crippen LogP contribution in [0, 0.1) is 17.2 Å². The van der Waals surface area contributed by atoms with Crippen LogP contribution in [0.3, 0.4) is 0 Å². The van der Waals surface area contributed by atoms with Gasteiger partial charge in [0.2, 0.25) is 0 Å². The lowest BCUT2D eigenvalue weighted by Crippen LogP contribution is -2.51. The van der Waals surface area contributed by atoms with Crippen LogP contribution < -0.4 is 10.6 Å². The molecule has 1 heterocycles. The molecule has 0 spiro atoms. The molecule has 1 saturated heterocycles. The van der Waals surface area contributed by atoms with Crippen molar-refractivity contribution in [3.63, 3.8) is 0 Å². The Bertz CT molecular complexity index is 601. The topological polar surface area (TPSA) is 91.2 Å². The van der Waals surface area contributed by atoms with Gasteiger partial charge in [0.15, 0.2) is 0 Å². The number of hydrogen-bond donors (Lipinski definition) is 2. The van der Waals surface area contributed by atoms with Crippen LogP contribution in [0.25, 0.3) is 0 Å². The number of nitrogens with zero attached hydrogens (tertiary/aromatic N) is 1. The van der Waals surface area contributed by atoms with E-state index in [9.17, 15) is 9.59 Å². The minimum atomic E-state index is -0.717. The Hall–Kier alpha value is -2.81. The van der Waals surface area contributed by atoms with E-state index in [0.29, 0.717) is 11.1 Å². The Kier molecular flexibility index (Phi) is 3.71. The Morgan fingerprint density at radius 2 is 2.05 bits per heavy atom. The minimum Gasteiger partial charge on any atom is -0.468 e. The van der Waals surface area contributed by atoms with Crippen LogP contribution in [0.5, 0.6) is 0 Å². The summed E-state index contributed by atoms with van der Waals surface area (Å²) in [5, 5.41) is 13.9. The molecule has 2 N–H and O–H groups in total. The number of urea groups is 1. The number of amides is 2. The highest BCUT2D eigenvalue weighted by atomic mass is 16.5. The van der Waals surface area contributed by atoms with Gasteiger partial charge in [-0.1, -0.05) is 18.7 Å². The average molecular weight is 271 g/mol. The highest BCUT2D eigenvalue weighted by Gasteiger charge is 2.38. The predicted octanol–water partition coefficient (Wildman–Crippen LogP) is 1.22. The molecule has 6 heteroatoms. The molecule has 2 amide bonds. The monoisotopic (exact) mass is 271 g/mol. The van der Waals surface area contributed by atoms with Crippen LogP contribution in [0.1, 0.15) is 17.2 Å². The van der Waals surface area contributed by atoms with E-state index in [1.54, 1.807) is 24.3 Å². The smallest absolute Gasteiger partial charge is 0.319 e. The fraction of sp³-hybridized carbons (Fsp3) is 0.214. The van der Waals surface area contributed by atoms with Crippen LogP contribution >= 0.6 is 0 Å². The van der Waals surface area contributed by atoms with Crippen molar-refractivity contribution in [3.05, 3.63) is 47.7 Å². The van der Waals surface area contributed by atoms with E-state index in [2.05, 4.69) is 17.2 Å². The predicted molar refractivity (Wildman–Crippen MR) is 70.2 cm³/mol. The molecule has 1 fully saturated rings. The normalized spacial score (nSPS) is 21.4. The van der Waals surface area contributed by atoms with Crippen LogP contribution in [-0.2, 0) is 9.53 Å². The first-order valence-corrected chi connectivity index (χ1v) is 5.91. The molecule has 1 aromatic carbocycles. The number of carbonyl (C=O) groups is 2. The first-order valence-electron chi connectivity index (χ1n) is 5.91. The van der Waals surface area contributed by atoms with E-state index in [1.807, 2.05) is 6.07 Å². The van der Waals surface area contributed by atoms with Gasteiger partial charge in [0.1, 0.15) is 5.92 Å². The molecule has 1 aliphatic heterocycles. The second-order valence-corrected chi connectivity index (χ2v) is 4.34. The van der Waals surface area contributed by atoms with E-state index in [-0.39, 0.29) is 5.70 Å². The summed E-state index contributed by atoms with van der Waals surface area (Å²) < 4.78 is 4.75. The molecule has 6 nitrogen and oxygen atoms in total. The molecule has 0 radical (unpaired) electrons. The molecule has 1 aliphatic rings. The van der Waals surface area contributed by atoms with Crippen molar-refractivity contribution in [3.8, 4) is 6.07 Å². The number of benzene rings is 1. The van der Waals surface area contributed by atoms with Gasteiger partial charge in [-0.3, -0.25) is 4.79 Å². The molecule has 20 heavy (non-hydrogen) atoms. The number of esters is 1. The molecule has 1 aromatic rings. The molecule has 0 unspecified atom stereocenters. The lowest BCUT2D eigenvalue weighted by molar-refractivity contribution is -0.145. The van der Waals surface area contributed by atoms with Crippen LogP contribution in [0.4, 0.5) is 4.79 Å². The van der Waals surface area contributed by atoms with Crippen LogP contribution in [-0.4, -0.2) is 19.1 Å². The highest BCUT2D eigenvalue weighted by molar-refractivity contribution is 5.85. The Morgan fingerprint density at radius 3 is 2.60 bits per heavy atom. The quantitative estimate of drug-likeness (QED) is 0.791. The summed E-state index contributed by atoms with van der Waals surface area (Å²) in [6, 6.07) is 7.65. The van der Waals surface area contributed by atoms with Gasteiger partial charge in [-0.25, -0.2) is 4.79 Å². The maximum absolute atomic E-state index is 11.9. The molecule has 102 valence electrons. The van der Waals surface area contributed by atoms with Gasteiger partial charge < -0.3 is 15.4 Å². The zero-order chi connectivity index (χ0) is 14.7. The molecule has 2 rings (SSSR count). The van der Waals surface area contributed by atoms with Gasteiger partial charge >= 0.3 is 12.0 Å². The zero-order valence-electron chi connectivity index (χ0n) is 10.8. The first-order chi connectivity index (χ1) is 9.56. The third kappa shape index (κ3) is 2.47. The largest absolute Gasteiger partial charge is 0.468 e. The molecule has 0 aliphatic carbocycles. The SMILES string of the molecule is C=C1NC(=O)N[C@@H](c2ccc(C#N)cc2)[C@@H]1C(=O)OC. The number of hydrogen-bond acceptors (Lipinski definition) is 4. The fourth-order valence-electron chi connectivity index (χ4n) is 2.13. The third-order valence-corrected chi connectivity index (χ3v) is 3.12. The van der Waals surface area contributed by atoms with Gasteiger partial charge in [-0.15, -0.1) is 0 Å². The Labute approximate surface area is 116 Å². The molecule has 0 bridgehead atoms. The number of nitriles is 1. The first kappa shape index (κ1) is 13.6. The summed E-state index contributed by atoms with van der Waals surface area (Å²) >= 11 is 0. The standard InChI is InChI=1S/C14H13N3O3/c1-8-11(13(18)20-2)12(17-14(19)16-8)10-5-3-9(7-15)4-6-10/h3-6,11-12H,1H2,2H3,(H2,16,17,19)/t11-,12+/m1/s1. The van der Waals surface area contributed by atoms with Gasteiger partial charge in [-0.05, 0) is 17.7 Å². The van der Waals surface area contributed by atoms with Crippen molar-refractivity contribution in [2.75, 3.05) is 7.11 Å². The number of methoxy groups -OCH3 is 1. The van der Waals surface area contributed by atoms with Gasteiger partial charge in [0.25, 0.3) is 0 Å². The molecular weight excluding hydrogens is 258 g/mol. The third-order valence-electron chi connectivity index (χ3n) is 3.12. The Balaban J connectivity index is 2.37. The molecule has 0 saturated carbocycles. The molecule has 0 aromatic heterocycles. The number of carbonyl (C=O) groups excluding carboxylic acids is 2. The van der Waals surface area contributed by atoms with Crippen LogP contribution in [0.15, 0.2) is 36.5 Å². The lowest BCUT2D eigenvalue weighted by Gasteiger charge is -2.32.